The van der Waals surface area contributed by atoms with Gasteiger partial charge in [0.15, 0.2) is 5.56 Å². The van der Waals surface area contributed by atoms with E-state index in [-0.39, 0.29) is 17.5 Å². The molecule has 0 radical (unpaired) electrons. The van der Waals surface area contributed by atoms with Crippen molar-refractivity contribution in [2.24, 2.45) is 21.1 Å². The average Bonchev–Trinajstić information content (AvgIpc) is 3.09. The fraction of sp³-hybridized carbons (Fsp3) is 0.474. The van der Waals surface area contributed by atoms with Crippen molar-refractivity contribution < 1.29 is 4.79 Å². The lowest BCUT2D eigenvalue weighted by Crippen LogP contribution is -2.45. The molecule has 9 heteroatoms. The van der Waals surface area contributed by atoms with Gasteiger partial charge in [-0.2, -0.15) is 5.26 Å². The van der Waals surface area contributed by atoms with E-state index in [1.165, 1.54) is 11.6 Å². The monoisotopic (exact) mass is 384 g/mol. The van der Waals surface area contributed by atoms with Gasteiger partial charge in [-0.25, -0.2) is 4.79 Å². The van der Waals surface area contributed by atoms with Gasteiger partial charge in [0.25, 0.3) is 11.5 Å². The minimum atomic E-state index is -0.595. The number of amides is 1. The molecule has 1 atom stereocenters. The van der Waals surface area contributed by atoms with Crippen LogP contribution in [0.3, 0.4) is 0 Å². The molecule has 1 saturated heterocycles. The highest BCUT2D eigenvalue weighted by molar-refractivity contribution is 5.92. The molecule has 1 fully saturated rings. The molecule has 1 unspecified atom stereocenters. The molecular formula is C19H24N6O3. The zero-order valence-corrected chi connectivity index (χ0v) is 16.5. The molecule has 1 aliphatic rings. The summed E-state index contributed by atoms with van der Waals surface area (Å²) < 4.78 is 4.14. The fourth-order valence-corrected chi connectivity index (χ4v) is 3.98. The Kier molecular flexibility index (Phi) is 5.14. The minimum absolute atomic E-state index is 0.0442. The van der Waals surface area contributed by atoms with E-state index < -0.39 is 11.2 Å². The van der Waals surface area contributed by atoms with Crippen molar-refractivity contribution in [2.45, 2.75) is 25.3 Å². The van der Waals surface area contributed by atoms with Crippen molar-refractivity contribution in [1.82, 2.24) is 19.0 Å². The third-order valence-electron chi connectivity index (χ3n) is 5.48. The number of nitrogens with zero attached hydrogens (tertiary/aromatic N) is 5. The summed E-state index contributed by atoms with van der Waals surface area (Å²) in [5.74, 6) is 0.151. The number of anilines is 1. The van der Waals surface area contributed by atoms with Crippen molar-refractivity contribution in [2.75, 3.05) is 18.5 Å². The molecule has 2 aromatic rings. The lowest BCUT2D eigenvalue weighted by Gasteiger charge is -2.38. The summed E-state index contributed by atoms with van der Waals surface area (Å²) in [4.78, 5) is 39.1. The number of nitriles is 1. The second-order valence-electron chi connectivity index (χ2n) is 7.00. The smallest absolute Gasteiger partial charge is 0.332 e. The number of hydrogen-bond donors (Lipinski definition) is 1. The summed E-state index contributed by atoms with van der Waals surface area (Å²) >= 11 is 0. The summed E-state index contributed by atoms with van der Waals surface area (Å²) in [5, 5.41) is 12.3. The highest BCUT2D eigenvalue weighted by Crippen LogP contribution is 2.35. The number of hydrogen-bond acceptors (Lipinski definition) is 5. The molecule has 28 heavy (non-hydrogen) atoms. The topological polar surface area (TPSA) is 105 Å². The van der Waals surface area contributed by atoms with Crippen LogP contribution in [0.25, 0.3) is 0 Å². The highest BCUT2D eigenvalue weighted by atomic mass is 16.2. The Morgan fingerprint density at radius 1 is 1.14 bits per heavy atom. The van der Waals surface area contributed by atoms with Gasteiger partial charge < -0.3 is 14.8 Å². The number of carbonyl (C=O) groups excluding carboxylic acids is 1. The molecule has 0 spiro atoms. The van der Waals surface area contributed by atoms with Crippen LogP contribution in [0.5, 0.6) is 0 Å². The van der Waals surface area contributed by atoms with Crippen LogP contribution in [0.1, 0.15) is 47.1 Å². The number of nitrogens with one attached hydrogen (secondary N) is 1. The van der Waals surface area contributed by atoms with Gasteiger partial charge in [-0.15, -0.1) is 0 Å². The second-order valence-corrected chi connectivity index (χ2v) is 7.00. The first-order valence-electron chi connectivity index (χ1n) is 9.17. The van der Waals surface area contributed by atoms with Crippen LogP contribution >= 0.6 is 0 Å². The van der Waals surface area contributed by atoms with E-state index in [2.05, 4.69) is 5.32 Å². The Morgan fingerprint density at radius 3 is 2.50 bits per heavy atom. The Hall–Kier alpha value is -3.28. The van der Waals surface area contributed by atoms with Gasteiger partial charge in [-0.1, -0.05) is 0 Å². The maximum atomic E-state index is 12.5. The molecular weight excluding hydrogens is 360 g/mol. The van der Waals surface area contributed by atoms with E-state index >= 15 is 0 Å². The fourth-order valence-electron chi connectivity index (χ4n) is 3.98. The van der Waals surface area contributed by atoms with Crippen LogP contribution < -0.4 is 21.5 Å². The van der Waals surface area contributed by atoms with Gasteiger partial charge in [-0.3, -0.25) is 18.7 Å². The first-order valence-corrected chi connectivity index (χ1v) is 9.17. The Morgan fingerprint density at radius 2 is 1.86 bits per heavy atom. The largest absolute Gasteiger partial charge is 0.354 e. The predicted octanol–water partition coefficient (Wildman–Crippen LogP) is 0.385. The van der Waals surface area contributed by atoms with Crippen LogP contribution in [-0.2, 0) is 21.1 Å². The third kappa shape index (κ3) is 2.91. The lowest BCUT2D eigenvalue weighted by atomic mass is 9.98. The molecule has 9 nitrogen and oxygen atoms in total. The number of aromatic nitrogens is 3. The molecule has 0 saturated carbocycles. The summed E-state index contributed by atoms with van der Waals surface area (Å²) in [6, 6.07) is 5.48. The zero-order chi connectivity index (χ0) is 20.6. The van der Waals surface area contributed by atoms with Crippen LogP contribution in [0.4, 0.5) is 5.82 Å². The lowest BCUT2D eigenvalue weighted by molar-refractivity contribution is 0.0954. The van der Waals surface area contributed by atoms with Gasteiger partial charge >= 0.3 is 5.69 Å². The standard InChI is InChI=1S/C19H24N6O3/c1-21-16(26)15-9-8-13(22(15)2)14-7-5-6-10-25(14)17-12(11-20)18(27)24(4)19(28)23(17)3/h8-9,14H,5-7,10H2,1-4H3,(H,21,26). The van der Waals surface area contributed by atoms with Crippen molar-refractivity contribution in [3.05, 3.63) is 49.9 Å². The normalized spacial score (nSPS) is 16.7. The van der Waals surface area contributed by atoms with Crippen molar-refractivity contribution >= 4 is 11.7 Å². The predicted molar refractivity (Wildman–Crippen MR) is 104 cm³/mol. The SMILES string of the molecule is CNC(=O)c1ccc(C2CCCCN2c2c(C#N)c(=O)n(C)c(=O)n2C)n1C. The maximum Gasteiger partial charge on any atom is 0.332 e. The van der Waals surface area contributed by atoms with E-state index in [1.807, 2.05) is 28.7 Å². The maximum absolute atomic E-state index is 12.5. The number of rotatable bonds is 3. The van der Waals surface area contributed by atoms with Crippen molar-refractivity contribution in [3.63, 3.8) is 0 Å². The van der Waals surface area contributed by atoms with Gasteiger partial charge in [0.2, 0.25) is 0 Å². The summed E-state index contributed by atoms with van der Waals surface area (Å²) in [5.41, 5.74) is 0.318. The van der Waals surface area contributed by atoms with E-state index in [0.29, 0.717) is 18.1 Å². The highest BCUT2D eigenvalue weighted by Gasteiger charge is 2.32. The van der Waals surface area contributed by atoms with E-state index in [1.54, 1.807) is 20.2 Å². The molecule has 2 aromatic heterocycles. The second kappa shape index (κ2) is 7.38. The molecule has 148 valence electrons. The van der Waals surface area contributed by atoms with E-state index in [4.69, 9.17) is 0 Å². The van der Waals surface area contributed by atoms with Crippen molar-refractivity contribution in [3.8, 4) is 6.07 Å². The van der Waals surface area contributed by atoms with Crippen LogP contribution in [0, 0.1) is 11.3 Å². The van der Waals surface area contributed by atoms with Crippen LogP contribution in [0.15, 0.2) is 21.7 Å². The number of piperidine rings is 1. The van der Waals surface area contributed by atoms with E-state index in [0.717, 1.165) is 29.5 Å². The molecule has 3 heterocycles. The van der Waals surface area contributed by atoms with Crippen LogP contribution in [-0.4, -0.2) is 33.2 Å². The Bertz CT molecular complexity index is 1080. The minimum Gasteiger partial charge on any atom is -0.354 e. The van der Waals surface area contributed by atoms with E-state index in [9.17, 15) is 19.6 Å². The quantitative estimate of drug-likeness (QED) is 0.824. The average molecular weight is 384 g/mol. The van der Waals surface area contributed by atoms with Crippen LogP contribution in [0.2, 0.25) is 0 Å². The van der Waals surface area contributed by atoms with Gasteiger partial charge in [0.1, 0.15) is 17.6 Å². The molecule has 3 rings (SSSR count). The summed E-state index contributed by atoms with van der Waals surface area (Å²) in [6.07, 6.45) is 2.65. The molecule has 1 amide bonds. The van der Waals surface area contributed by atoms with Gasteiger partial charge in [0.05, 0.1) is 6.04 Å². The zero-order valence-electron chi connectivity index (χ0n) is 16.5. The number of carbonyl (C=O) groups is 1. The molecule has 0 aliphatic carbocycles. The summed E-state index contributed by atoms with van der Waals surface area (Å²) in [6.45, 7) is 0.611. The molecule has 0 bridgehead atoms. The van der Waals surface area contributed by atoms with Gasteiger partial charge in [-0.05, 0) is 31.4 Å². The van der Waals surface area contributed by atoms with Gasteiger partial charge in [0, 0.05) is 40.4 Å². The molecule has 0 aromatic carbocycles. The summed E-state index contributed by atoms with van der Waals surface area (Å²) in [7, 11) is 6.35. The molecule has 1 aliphatic heterocycles. The Labute approximate surface area is 162 Å². The third-order valence-corrected chi connectivity index (χ3v) is 5.48. The first kappa shape index (κ1) is 19.5. The molecule has 1 N–H and O–H groups in total. The Balaban J connectivity index is 2.19. The first-order chi connectivity index (χ1) is 13.3. The van der Waals surface area contributed by atoms with Crippen molar-refractivity contribution in [1.29, 1.82) is 5.26 Å².